The molecule has 0 aromatic heterocycles. The van der Waals surface area contributed by atoms with Gasteiger partial charge in [0.2, 0.25) is 0 Å². The summed E-state index contributed by atoms with van der Waals surface area (Å²) in [6.45, 7) is 8.62. The summed E-state index contributed by atoms with van der Waals surface area (Å²) >= 11 is 0. The minimum Gasteiger partial charge on any atom is -0.483 e. The highest BCUT2D eigenvalue weighted by atomic mass is 16.5. The molecular weight excluding hydrogens is 228 g/mol. The molecule has 0 unspecified atom stereocenters. The third-order valence-corrected chi connectivity index (χ3v) is 2.70. The lowest BCUT2D eigenvalue weighted by atomic mass is 10.1. The molecule has 0 spiro atoms. The number of hydrogen-bond donors (Lipinski definition) is 2. The number of carbonyl (C=O) groups is 1. The van der Waals surface area contributed by atoms with Crippen molar-refractivity contribution in [3.8, 4) is 5.75 Å². The van der Waals surface area contributed by atoms with E-state index < -0.39 is 0 Å². The highest BCUT2D eigenvalue weighted by Gasteiger charge is 2.09. The summed E-state index contributed by atoms with van der Waals surface area (Å²) in [4.78, 5) is 11.6. The van der Waals surface area contributed by atoms with Crippen molar-refractivity contribution in [1.82, 2.24) is 5.32 Å². The van der Waals surface area contributed by atoms with Crippen LogP contribution >= 0.6 is 0 Å². The molecule has 1 amide bonds. The van der Waals surface area contributed by atoms with Crippen LogP contribution in [0.4, 0.5) is 5.69 Å². The van der Waals surface area contributed by atoms with Crippen molar-refractivity contribution in [2.24, 2.45) is 5.92 Å². The molecule has 3 N–H and O–H groups in total. The molecule has 1 aromatic carbocycles. The Morgan fingerprint density at radius 3 is 2.67 bits per heavy atom. The first-order chi connectivity index (χ1) is 8.41. The number of nitrogen functional groups attached to an aromatic ring is 1. The number of hydrogen-bond acceptors (Lipinski definition) is 3. The molecule has 0 radical (unpaired) electrons. The Morgan fingerprint density at radius 1 is 1.39 bits per heavy atom. The second-order valence-electron chi connectivity index (χ2n) is 4.91. The third kappa shape index (κ3) is 3.95. The maximum Gasteiger partial charge on any atom is 0.257 e. The van der Waals surface area contributed by atoms with Crippen molar-refractivity contribution in [3.05, 3.63) is 23.3 Å². The van der Waals surface area contributed by atoms with E-state index in [2.05, 4.69) is 5.32 Å². The smallest absolute Gasteiger partial charge is 0.257 e. The van der Waals surface area contributed by atoms with Crippen LogP contribution in [0.5, 0.6) is 5.75 Å². The topological polar surface area (TPSA) is 64.3 Å². The van der Waals surface area contributed by atoms with Gasteiger partial charge in [-0.2, -0.15) is 0 Å². The molecule has 0 aliphatic carbocycles. The molecule has 4 heteroatoms. The van der Waals surface area contributed by atoms with E-state index in [0.29, 0.717) is 23.9 Å². The SMILES string of the molecule is Cc1ccc(N)c(C)c1OCC(=O)NCC(C)C. The molecule has 0 aliphatic heterocycles. The van der Waals surface area contributed by atoms with Gasteiger partial charge in [-0.1, -0.05) is 19.9 Å². The van der Waals surface area contributed by atoms with E-state index in [9.17, 15) is 4.79 Å². The van der Waals surface area contributed by atoms with E-state index >= 15 is 0 Å². The normalized spacial score (nSPS) is 10.5. The molecule has 0 bridgehead atoms. The van der Waals surface area contributed by atoms with Gasteiger partial charge in [0, 0.05) is 17.8 Å². The fraction of sp³-hybridized carbons (Fsp3) is 0.500. The zero-order chi connectivity index (χ0) is 13.7. The van der Waals surface area contributed by atoms with Gasteiger partial charge >= 0.3 is 0 Å². The van der Waals surface area contributed by atoms with Crippen LogP contribution < -0.4 is 15.8 Å². The second kappa shape index (κ2) is 6.28. The number of benzene rings is 1. The Labute approximate surface area is 109 Å². The fourth-order valence-electron chi connectivity index (χ4n) is 1.57. The highest BCUT2D eigenvalue weighted by molar-refractivity contribution is 5.77. The molecule has 100 valence electrons. The predicted octanol–water partition coefficient (Wildman–Crippen LogP) is 2.04. The molecule has 0 heterocycles. The summed E-state index contributed by atoms with van der Waals surface area (Å²) in [7, 11) is 0. The van der Waals surface area contributed by atoms with E-state index in [1.807, 2.05) is 39.8 Å². The van der Waals surface area contributed by atoms with Crippen molar-refractivity contribution in [3.63, 3.8) is 0 Å². The standard InChI is InChI=1S/C14H22N2O2/c1-9(2)7-16-13(17)8-18-14-10(3)5-6-12(15)11(14)4/h5-6,9H,7-8,15H2,1-4H3,(H,16,17). The molecule has 0 saturated carbocycles. The fourth-order valence-corrected chi connectivity index (χ4v) is 1.57. The lowest BCUT2D eigenvalue weighted by Crippen LogP contribution is -2.31. The predicted molar refractivity (Wildman–Crippen MR) is 73.7 cm³/mol. The Bertz CT molecular complexity index is 428. The molecule has 1 rings (SSSR count). The minimum absolute atomic E-state index is 0.0256. The number of nitrogens with one attached hydrogen (secondary N) is 1. The molecule has 4 nitrogen and oxygen atoms in total. The lowest BCUT2D eigenvalue weighted by molar-refractivity contribution is -0.123. The summed E-state index contributed by atoms with van der Waals surface area (Å²) in [6.07, 6.45) is 0. The molecule has 0 fully saturated rings. The van der Waals surface area contributed by atoms with E-state index in [0.717, 1.165) is 11.1 Å². The number of nitrogens with two attached hydrogens (primary N) is 1. The van der Waals surface area contributed by atoms with Crippen LogP contribution in [0, 0.1) is 19.8 Å². The van der Waals surface area contributed by atoms with Crippen molar-refractivity contribution in [1.29, 1.82) is 0 Å². The van der Waals surface area contributed by atoms with Crippen molar-refractivity contribution >= 4 is 11.6 Å². The van der Waals surface area contributed by atoms with Gasteiger partial charge in [0.25, 0.3) is 5.91 Å². The minimum atomic E-state index is -0.107. The average molecular weight is 250 g/mol. The van der Waals surface area contributed by atoms with Gasteiger partial charge in [0.1, 0.15) is 5.75 Å². The largest absolute Gasteiger partial charge is 0.483 e. The van der Waals surface area contributed by atoms with E-state index in [4.69, 9.17) is 10.5 Å². The molecule has 0 saturated heterocycles. The van der Waals surface area contributed by atoms with Crippen LogP contribution in [0.15, 0.2) is 12.1 Å². The number of carbonyl (C=O) groups excluding carboxylic acids is 1. The molecule has 0 atom stereocenters. The summed E-state index contributed by atoms with van der Waals surface area (Å²) in [5, 5.41) is 2.81. The van der Waals surface area contributed by atoms with Gasteiger partial charge in [0.15, 0.2) is 6.61 Å². The Hall–Kier alpha value is -1.71. The Kier molecular flexibility index (Phi) is 5.01. The summed E-state index contributed by atoms with van der Waals surface area (Å²) in [5.41, 5.74) is 8.36. The van der Waals surface area contributed by atoms with Crippen molar-refractivity contribution in [2.75, 3.05) is 18.9 Å². The molecular formula is C14H22N2O2. The van der Waals surface area contributed by atoms with Gasteiger partial charge in [-0.25, -0.2) is 0 Å². The maximum atomic E-state index is 11.6. The summed E-state index contributed by atoms with van der Waals surface area (Å²) < 4.78 is 5.55. The quantitative estimate of drug-likeness (QED) is 0.786. The van der Waals surface area contributed by atoms with Crippen LogP contribution in [-0.2, 0) is 4.79 Å². The average Bonchev–Trinajstić information content (AvgIpc) is 2.31. The van der Waals surface area contributed by atoms with Crippen LogP contribution in [0.1, 0.15) is 25.0 Å². The first-order valence-electron chi connectivity index (χ1n) is 6.17. The Morgan fingerprint density at radius 2 is 2.06 bits per heavy atom. The van der Waals surface area contributed by atoms with Crippen LogP contribution in [0.2, 0.25) is 0 Å². The van der Waals surface area contributed by atoms with Crippen LogP contribution in [-0.4, -0.2) is 19.1 Å². The highest BCUT2D eigenvalue weighted by Crippen LogP contribution is 2.27. The zero-order valence-corrected chi connectivity index (χ0v) is 11.5. The van der Waals surface area contributed by atoms with E-state index in [-0.39, 0.29) is 12.5 Å². The van der Waals surface area contributed by atoms with Crippen molar-refractivity contribution < 1.29 is 9.53 Å². The number of anilines is 1. The van der Waals surface area contributed by atoms with E-state index in [1.165, 1.54) is 0 Å². The molecule has 1 aromatic rings. The molecule has 18 heavy (non-hydrogen) atoms. The third-order valence-electron chi connectivity index (χ3n) is 2.70. The maximum absolute atomic E-state index is 11.6. The lowest BCUT2D eigenvalue weighted by Gasteiger charge is -2.14. The summed E-state index contributed by atoms with van der Waals surface area (Å²) in [5.74, 6) is 1.03. The Balaban J connectivity index is 2.58. The number of amides is 1. The van der Waals surface area contributed by atoms with Gasteiger partial charge in [0.05, 0.1) is 0 Å². The zero-order valence-electron chi connectivity index (χ0n) is 11.5. The number of rotatable bonds is 5. The number of ether oxygens (including phenoxy) is 1. The second-order valence-corrected chi connectivity index (χ2v) is 4.91. The number of aryl methyl sites for hydroxylation is 1. The van der Waals surface area contributed by atoms with Gasteiger partial charge in [-0.3, -0.25) is 4.79 Å². The van der Waals surface area contributed by atoms with Crippen LogP contribution in [0.3, 0.4) is 0 Å². The van der Waals surface area contributed by atoms with Crippen LogP contribution in [0.25, 0.3) is 0 Å². The van der Waals surface area contributed by atoms with Gasteiger partial charge in [-0.05, 0) is 31.4 Å². The van der Waals surface area contributed by atoms with E-state index in [1.54, 1.807) is 0 Å². The van der Waals surface area contributed by atoms with Crippen molar-refractivity contribution in [2.45, 2.75) is 27.7 Å². The first-order valence-corrected chi connectivity index (χ1v) is 6.17. The molecule has 0 aliphatic rings. The monoisotopic (exact) mass is 250 g/mol. The van der Waals surface area contributed by atoms with Gasteiger partial charge < -0.3 is 15.8 Å². The summed E-state index contributed by atoms with van der Waals surface area (Å²) in [6, 6.07) is 3.74. The van der Waals surface area contributed by atoms with Gasteiger partial charge in [-0.15, -0.1) is 0 Å². The first kappa shape index (κ1) is 14.4.